The molecule has 166 valence electrons. The molecule has 0 aliphatic carbocycles. The molecule has 0 aliphatic heterocycles. The van der Waals surface area contributed by atoms with Crippen LogP contribution >= 0.6 is 0 Å². The van der Waals surface area contributed by atoms with Crippen molar-refractivity contribution in [3.63, 3.8) is 0 Å². The highest BCUT2D eigenvalue weighted by Crippen LogP contribution is 2.22. The molecule has 32 heavy (non-hydrogen) atoms. The summed E-state index contributed by atoms with van der Waals surface area (Å²) in [7, 11) is -3.89. The lowest BCUT2D eigenvalue weighted by Crippen LogP contribution is -2.17. The average Bonchev–Trinajstić information content (AvgIpc) is 2.76. The van der Waals surface area contributed by atoms with Crippen molar-refractivity contribution in [2.45, 2.75) is 25.7 Å². The van der Waals surface area contributed by atoms with Crippen LogP contribution in [0.5, 0.6) is 0 Å². The molecule has 3 rings (SSSR count). The van der Waals surface area contributed by atoms with E-state index in [1.807, 2.05) is 19.1 Å². The largest absolute Gasteiger partial charge is 0.462 e. The van der Waals surface area contributed by atoms with Crippen molar-refractivity contribution in [1.82, 2.24) is 0 Å². The van der Waals surface area contributed by atoms with E-state index in [0.29, 0.717) is 22.5 Å². The number of rotatable bonds is 7. The first kappa shape index (κ1) is 23.0. The number of ether oxygens (including phenoxy) is 1. The Morgan fingerprint density at radius 1 is 0.844 bits per heavy atom. The second-order valence-electron chi connectivity index (χ2n) is 7.20. The van der Waals surface area contributed by atoms with Gasteiger partial charge in [0.25, 0.3) is 15.9 Å². The van der Waals surface area contributed by atoms with Gasteiger partial charge in [0, 0.05) is 16.9 Å². The molecule has 0 atom stereocenters. The molecular formula is C24H24N2O5S. The van der Waals surface area contributed by atoms with Crippen LogP contribution in [0.4, 0.5) is 11.4 Å². The van der Waals surface area contributed by atoms with E-state index in [4.69, 9.17) is 4.74 Å². The third-order valence-electron chi connectivity index (χ3n) is 4.70. The molecule has 0 saturated carbocycles. The number of carbonyl (C=O) groups is 2. The first-order valence-corrected chi connectivity index (χ1v) is 11.5. The normalized spacial score (nSPS) is 11.0. The van der Waals surface area contributed by atoms with Crippen molar-refractivity contribution in [2.24, 2.45) is 0 Å². The Balaban J connectivity index is 1.79. The van der Waals surface area contributed by atoms with E-state index in [1.165, 1.54) is 6.07 Å². The van der Waals surface area contributed by atoms with E-state index in [1.54, 1.807) is 62.4 Å². The molecular weight excluding hydrogens is 428 g/mol. The maximum atomic E-state index is 12.9. The van der Waals surface area contributed by atoms with Crippen LogP contribution in [0.25, 0.3) is 0 Å². The van der Waals surface area contributed by atoms with Gasteiger partial charge < -0.3 is 10.1 Å². The van der Waals surface area contributed by atoms with Crippen molar-refractivity contribution in [3.05, 3.63) is 89.0 Å². The Morgan fingerprint density at radius 2 is 1.44 bits per heavy atom. The lowest BCUT2D eigenvalue weighted by atomic mass is 10.1. The van der Waals surface area contributed by atoms with Crippen LogP contribution < -0.4 is 10.0 Å². The summed E-state index contributed by atoms with van der Waals surface area (Å²) in [4.78, 5) is 24.5. The molecule has 0 fully saturated rings. The molecule has 0 saturated heterocycles. The summed E-state index contributed by atoms with van der Waals surface area (Å²) in [6.07, 6.45) is 0. The number of aryl methyl sites for hydroxylation is 2. The van der Waals surface area contributed by atoms with Gasteiger partial charge in [-0.2, -0.15) is 0 Å². The van der Waals surface area contributed by atoms with Gasteiger partial charge in [-0.3, -0.25) is 9.52 Å². The number of benzene rings is 3. The highest BCUT2D eigenvalue weighted by molar-refractivity contribution is 7.92. The lowest BCUT2D eigenvalue weighted by Gasteiger charge is -2.12. The van der Waals surface area contributed by atoms with Crippen LogP contribution in [-0.2, 0) is 14.8 Å². The zero-order valence-electron chi connectivity index (χ0n) is 18.0. The van der Waals surface area contributed by atoms with Gasteiger partial charge in [-0.15, -0.1) is 0 Å². The quantitative estimate of drug-likeness (QED) is 0.513. The van der Waals surface area contributed by atoms with Crippen LogP contribution in [-0.4, -0.2) is 26.9 Å². The predicted molar refractivity (Wildman–Crippen MR) is 124 cm³/mol. The fourth-order valence-electron chi connectivity index (χ4n) is 2.97. The zero-order valence-corrected chi connectivity index (χ0v) is 18.8. The summed E-state index contributed by atoms with van der Waals surface area (Å²) in [5.41, 5.74) is 2.99. The third kappa shape index (κ3) is 5.53. The van der Waals surface area contributed by atoms with Crippen LogP contribution in [0, 0.1) is 13.8 Å². The Kier molecular flexibility index (Phi) is 6.95. The molecule has 0 aromatic heterocycles. The summed E-state index contributed by atoms with van der Waals surface area (Å²) in [6, 6.07) is 17.7. The highest BCUT2D eigenvalue weighted by atomic mass is 32.2. The van der Waals surface area contributed by atoms with Crippen molar-refractivity contribution < 1.29 is 22.7 Å². The minimum atomic E-state index is -3.89. The highest BCUT2D eigenvalue weighted by Gasteiger charge is 2.19. The standard InChI is InChI=1S/C24H24N2O5S/c1-4-31-24(28)18-9-13-20(14-10-18)25-23(27)19-8-7-17(3)22(15-19)32(29,30)26-21-11-5-16(2)6-12-21/h5-15,26H,4H2,1-3H3,(H,25,27). The maximum absolute atomic E-state index is 12.9. The zero-order chi connectivity index (χ0) is 23.3. The van der Waals surface area contributed by atoms with Crippen molar-refractivity contribution >= 4 is 33.3 Å². The molecule has 0 radical (unpaired) electrons. The number of esters is 1. The molecule has 0 aliphatic rings. The summed E-state index contributed by atoms with van der Waals surface area (Å²) < 4.78 is 33.3. The number of hydrogen-bond donors (Lipinski definition) is 2. The minimum absolute atomic E-state index is 0.0170. The van der Waals surface area contributed by atoms with Gasteiger partial charge in [0.15, 0.2) is 0 Å². The first-order chi connectivity index (χ1) is 15.2. The number of amides is 1. The summed E-state index contributed by atoms with van der Waals surface area (Å²) >= 11 is 0. The van der Waals surface area contributed by atoms with Gasteiger partial charge in [-0.05, 0) is 74.9 Å². The van der Waals surface area contributed by atoms with Crippen LogP contribution in [0.3, 0.4) is 0 Å². The van der Waals surface area contributed by atoms with Crippen molar-refractivity contribution in [3.8, 4) is 0 Å². The van der Waals surface area contributed by atoms with E-state index in [0.717, 1.165) is 5.56 Å². The molecule has 7 nitrogen and oxygen atoms in total. The summed E-state index contributed by atoms with van der Waals surface area (Å²) in [5.74, 6) is -0.916. The number of hydrogen-bond acceptors (Lipinski definition) is 5. The molecule has 8 heteroatoms. The molecule has 0 spiro atoms. The number of carbonyl (C=O) groups excluding carboxylic acids is 2. The number of nitrogens with one attached hydrogen (secondary N) is 2. The summed E-state index contributed by atoms with van der Waals surface area (Å²) in [5, 5.41) is 2.70. The van der Waals surface area contributed by atoms with Gasteiger partial charge in [-0.1, -0.05) is 23.8 Å². The minimum Gasteiger partial charge on any atom is -0.462 e. The smallest absolute Gasteiger partial charge is 0.338 e. The van der Waals surface area contributed by atoms with Crippen LogP contribution in [0.15, 0.2) is 71.6 Å². The third-order valence-corrected chi connectivity index (χ3v) is 6.22. The van der Waals surface area contributed by atoms with E-state index in [9.17, 15) is 18.0 Å². The maximum Gasteiger partial charge on any atom is 0.338 e. The van der Waals surface area contributed by atoms with E-state index in [2.05, 4.69) is 10.0 Å². The molecule has 1 amide bonds. The van der Waals surface area contributed by atoms with Gasteiger partial charge in [-0.25, -0.2) is 13.2 Å². The average molecular weight is 453 g/mol. The predicted octanol–water partition coefficient (Wildman–Crippen LogP) is 4.53. The fourth-order valence-corrected chi connectivity index (χ4v) is 4.30. The number of anilines is 2. The van der Waals surface area contributed by atoms with E-state index >= 15 is 0 Å². The van der Waals surface area contributed by atoms with Gasteiger partial charge >= 0.3 is 5.97 Å². The molecule has 3 aromatic carbocycles. The second-order valence-corrected chi connectivity index (χ2v) is 8.85. The van der Waals surface area contributed by atoms with Gasteiger partial charge in [0.2, 0.25) is 0 Å². The fraction of sp³-hybridized carbons (Fsp3) is 0.167. The molecule has 2 N–H and O–H groups in total. The Hall–Kier alpha value is -3.65. The molecule has 0 heterocycles. The molecule has 0 bridgehead atoms. The SMILES string of the molecule is CCOC(=O)c1ccc(NC(=O)c2ccc(C)c(S(=O)(=O)Nc3ccc(C)cc3)c2)cc1. The molecule has 0 unspecified atom stereocenters. The van der Waals surface area contributed by atoms with E-state index < -0.39 is 21.9 Å². The van der Waals surface area contributed by atoms with Gasteiger partial charge in [0.05, 0.1) is 17.1 Å². The monoisotopic (exact) mass is 452 g/mol. The topological polar surface area (TPSA) is 102 Å². The first-order valence-electron chi connectivity index (χ1n) is 9.98. The van der Waals surface area contributed by atoms with Crippen LogP contribution in [0.1, 0.15) is 38.8 Å². The second kappa shape index (κ2) is 9.65. The van der Waals surface area contributed by atoms with Crippen molar-refractivity contribution in [2.75, 3.05) is 16.6 Å². The van der Waals surface area contributed by atoms with Gasteiger partial charge in [0.1, 0.15) is 0 Å². The Labute approximate surface area is 187 Å². The molecule has 3 aromatic rings. The van der Waals surface area contributed by atoms with Crippen LogP contribution in [0.2, 0.25) is 0 Å². The number of sulfonamides is 1. The van der Waals surface area contributed by atoms with E-state index in [-0.39, 0.29) is 17.1 Å². The Morgan fingerprint density at radius 3 is 2.06 bits per heavy atom. The summed E-state index contributed by atoms with van der Waals surface area (Å²) in [6.45, 7) is 5.57. The van der Waals surface area contributed by atoms with Crippen molar-refractivity contribution in [1.29, 1.82) is 0 Å². The Bertz CT molecular complexity index is 1230. The lowest BCUT2D eigenvalue weighted by molar-refractivity contribution is 0.0526.